The average molecular weight is 256 g/mol. The Balaban J connectivity index is 2.38. The van der Waals surface area contributed by atoms with Crippen molar-refractivity contribution >= 4 is 9.84 Å². The van der Waals surface area contributed by atoms with Gasteiger partial charge in [-0.3, -0.25) is 0 Å². The minimum atomic E-state index is -3.14. The maximum Gasteiger partial charge on any atom is 0.175 e. The normalized spacial score (nSPS) is 10.9. The predicted molar refractivity (Wildman–Crippen MR) is 72.9 cm³/mol. The van der Waals surface area contributed by atoms with Gasteiger partial charge in [-0.25, -0.2) is 8.42 Å². The van der Waals surface area contributed by atoms with Gasteiger partial charge in [0.1, 0.15) is 0 Å². The Morgan fingerprint density at radius 1 is 0.889 bits per heavy atom. The third kappa shape index (κ3) is 2.61. The lowest BCUT2D eigenvalue weighted by molar-refractivity contribution is 0.602. The van der Waals surface area contributed by atoms with Gasteiger partial charge in [0.2, 0.25) is 0 Å². The second-order valence-corrected chi connectivity index (χ2v) is 6.03. The number of hydrogen-bond acceptors (Lipinski definition) is 2. The zero-order chi connectivity index (χ0) is 13.2. The van der Waals surface area contributed by atoms with E-state index in [0.717, 1.165) is 16.7 Å². The van der Waals surface area contributed by atoms with E-state index < -0.39 is 9.84 Å². The first kappa shape index (κ1) is 12.4. The fourth-order valence-corrected chi connectivity index (χ4v) is 2.28. The van der Waals surface area contributed by atoms with Gasteiger partial charge < -0.3 is 0 Å². The van der Waals surface area contributed by atoms with E-state index in [-0.39, 0.29) is 0 Å². The summed E-state index contributed by atoms with van der Waals surface area (Å²) in [5, 5.41) is 0. The van der Waals surface area contributed by atoms with E-state index in [1.165, 1.54) is 6.26 Å². The van der Waals surface area contributed by atoms with E-state index >= 15 is 0 Å². The van der Waals surface area contributed by atoms with Crippen LogP contribution in [-0.2, 0) is 9.84 Å². The van der Waals surface area contributed by atoms with Gasteiger partial charge in [0, 0.05) is 11.8 Å². The summed E-state index contributed by atoms with van der Waals surface area (Å²) >= 11 is 0. The van der Waals surface area contributed by atoms with E-state index in [1.54, 1.807) is 24.3 Å². The monoisotopic (exact) mass is 256 g/mol. The smallest absolute Gasteiger partial charge is 0.175 e. The van der Waals surface area contributed by atoms with Crippen LogP contribution in [0.2, 0.25) is 0 Å². The van der Waals surface area contributed by atoms with Crippen molar-refractivity contribution < 1.29 is 8.42 Å². The molecule has 0 radical (unpaired) electrons. The standard InChI is InChI=1S/C15H12O2S/c1-3-12-4-6-13(7-5-12)14-8-10-15(11-9-14)18(2,16)17/h1,4-11H,2H3. The van der Waals surface area contributed by atoms with Crippen LogP contribution in [0.5, 0.6) is 0 Å². The highest BCUT2D eigenvalue weighted by Gasteiger charge is 2.06. The molecule has 0 aromatic heterocycles. The summed E-state index contributed by atoms with van der Waals surface area (Å²) in [6.45, 7) is 0. The average Bonchev–Trinajstić information content (AvgIpc) is 2.38. The summed E-state index contributed by atoms with van der Waals surface area (Å²) in [6.07, 6.45) is 6.49. The number of sulfone groups is 1. The third-order valence-corrected chi connectivity index (χ3v) is 3.80. The second-order valence-electron chi connectivity index (χ2n) is 4.02. The summed E-state index contributed by atoms with van der Waals surface area (Å²) in [5.74, 6) is 2.56. The summed E-state index contributed by atoms with van der Waals surface area (Å²) in [5.41, 5.74) is 2.80. The van der Waals surface area contributed by atoms with Crippen molar-refractivity contribution in [3.8, 4) is 23.5 Å². The molecule has 0 saturated heterocycles. The van der Waals surface area contributed by atoms with Crippen molar-refractivity contribution in [2.75, 3.05) is 6.26 Å². The third-order valence-electron chi connectivity index (χ3n) is 2.67. The fourth-order valence-electron chi connectivity index (χ4n) is 1.65. The zero-order valence-corrected chi connectivity index (χ0v) is 10.7. The molecule has 0 aliphatic rings. The number of hydrogen-bond donors (Lipinski definition) is 0. The lowest BCUT2D eigenvalue weighted by Gasteiger charge is -2.03. The minimum Gasteiger partial charge on any atom is -0.224 e. The van der Waals surface area contributed by atoms with Crippen LogP contribution in [0.3, 0.4) is 0 Å². The fraction of sp³-hybridized carbons (Fsp3) is 0.0667. The van der Waals surface area contributed by atoms with E-state index in [9.17, 15) is 8.42 Å². The SMILES string of the molecule is C#Cc1ccc(-c2ccc(S(C)(=O)=O)cc2)cc1. The molecule has 0 unspecified atom stereocenters. The van der Waals surface area contributed by atoms with Crippen LogP contribution in [0.4, 0.5) is 0 Å². The summed E-state index contributed by atoms with van der Waals surface area (Å²) in [4.78, 5) is 0.325. The molecular formula is C15H12O2S. The molecule has 0 N–H and O–H groups in total. The van der Waals surface area contributed by atoms with Crippen LogP contribution in [0.25, 0.3) is 11.1 Å². The van der Waals surface area contributed by atoms with Crippen LogP contribution in [-0.4, -0.2) is 14.7 Å². The van der Waals surface area contributed by atoms with Gasteiger partial charge in [-0.15, -0.1) is 6.42 Å². The van der Waals surface area contributed by atoms with Gasteiger partial charge in [-0.2, -0.15) is 0 Å². The van der Waals surface area contributed by atoms with Crippen molar-refractivity contribution in [1.29, 1.82) is 0 Å². The Morgan fingerprint density at radius 2 is 1.33 bits per heavy atom. The quantitative estimate of drug-likeness (QED) is 0.774. The summed E-state index contributed by atoms with van der Waals surface area (Å²) in [7, 11) is -3.14. The van der Waals surface area contributed by atoms with Gasteiger partial charge in [-0.05, 0) is 35.4 Å². The molecule has 0 amide bonds. The molecule has 2 rings (SSSR count). The first-order chi connectivity index (χ1) is 8.50. The van der Waals surface area contributed by atoms with Crippen LogP contribution in [0.15, 0.2) is 53.4 Å². The van der Waals surface area contributed by atoms with Crippen molar-refractivity contribution in [3.63, 3.8) is 0 Å². The molecule has 0 saturated carbocycles. The van der Waals surface area contributed by atoms with Crippen LogP contribution in [0, 0.1) is 12.3 Å². The Hall–Kier alpha value is -2.05. The number of terminal acetylenes is 1. The Bertz CT molecular complexity index is 688. The van der Waals surface area contributed by atoms with E-state index in [4.69, 9.17) is 6.42 Å². The molecule has 18 heavy (non-hydrogen) atoms. The van der Waals surface area contributed by atoms with Gasteiger partial charge in [0.05, 0.1) is 4.90 Å². The molecule has 0 atom stereocenters. The van der Waals surface area contributed by atoms with Crippen LogP contribution >= 0.6 is 0 Å². The topological polar surface area (TPSA) is 34.1 Å². The Kier molecular flexibility index (Phi) is 3.22. The Labute approximate surface area is 107 Å². The highest BCUT2D eigenvalue weighted by molar-refractivity contribution is 7.90. The number of rotatable bonds is 2. The van der Waals surface area contributed by atoms with Crippen molar-refractivity contribution in [1.82, 2.24) is 0 Å². The maximum absolute atomic E-state index is 11.3. The largest absolute Gasteiger partial charge is 0.224 e. The molecule has 0 aliphatic heterocycles. The van der Waals surface area contributed by atoms with Crippen LogP contribution < -0.4 is 0 Å². The highest BCUT2D eigenvalue weighted by Crippen LogP contribution is 2.21. The van der Waals surface area contributed by atoms with Crippen molar-refractivity contribution in [2.45, 2.75) is 4.90 Å². The molecule has 2 aromatic carbocycles. The van der Waals surface area contributed by atoms with Gasteiger partial charge in [0.15, 0.2) is 9.84 Å². The molecule has 2 nitrogen and oxygen atoms in total. The number of benzene rings is 2. The first-order valence-corrected chi connectivity index (χ1v) is 7.27. The highest BCUT2D eigenvalue weighted by atomic mass is 32.2. The molecule has 3 heteroatoms. The molecule has 0 aliphatic carbocycles. The molecule has 0 bridgehead atoms. The minimum absolute atomic E-state index is 0.325. The lowest BCUT2D eigenvalue weighted by atomic mass is 10.0. The summed E-state index contributed by atoms with van der Waals surface area (Å²) in [6, 6.07) is 14.4. The zero-order valence-electron chi connectivity index (χ0n) is 9.92. The molecule has 0 heterocycles. The Morgan fingerprint density at radius 3 is 1.72 bits per heavy atom. The van der Waals surface area contributed by atoms with E-state index in [1.807, 2.05) is 24.3 Å². The van der Waals surface area contributed by atoms with E-state index in [2.05, 4.69) is 5.92 Å². The molecule has 2 aromatic rings. The molecular weight excluding hydrogens is 244 g/mol. The second kappa shape index (κ2) is 4.67. The molecule has 90 valence electrons. The van der Waals surface area contributed by atoms with E-state index in [0.29, 0.717) is 4.90 Å². The molecule has 0 spiro atoms. The molecule has 0 fully saturated rings. The van der Waals surface area contributed by atoms with Crippen molar-refractivity contribution in [3.05, 3.63) is 54.1 Å². The predicted octanol–water partition coefficient (Wildman–Crippen LogP) is 2.74. The van der Waals surface area contributed by atoms with Gasteiger partial charge >= 0.3 is 0 Å². The van der Waals surface area contributed by atoms with Gasteiger partial charge in [-0.1, -0.05) is 30.2 Å². The van der Waals surface area contributed by atoms with Gasteiger partial charge in [0.25, 0.3) is 0 Å². The maximum atomic E-state index is 11.3. The van der Waals surface area contributed by atoms with Crippen LogP contribution in [0.1, 0.15) is 5.56 Å². The lowest BCUT2D eigenvalue weighted by Crippen LogP contribution is -1.96. The summed E-state index contributed by atoms with van der Waals surface area (Å²) < 4.78 is 22.7. The van der Waals surface area contributed by atoms with Crippen molar-refractivity contribution in [2.24, 2.45) is 0 Å². The first-order valence-electron chi connectivity index (χ1n) is 5.38.